The number of amides is 2. The summed E-state index contributed by atoms with van der Waals surface area (Å²) in [7, 11) is 1.47. The smallest absolute Gasteiger partial charge is 0.319 e. The van der Waals surface area contributed by atoms with Crippen molar-refractivity contribution in [1.82, 2.24) is 10.3 Å². The van der Waals surface area contributed by atoms with Crippen molar-refractivity contribution in [1.29, 1.82) is 0 Å². The lowest BCUT2D eigenvalue weighted by Crippen LogP contribution is -2.27. The monoisotopic (exact) mass is 251 g/mol. The van der Waals surface area contributed by atoms with Crippen molar-refractivity contribution in [3.63, 3.8) is 0 Å². The summed E-state index contributed by atoms with van der Waals surface area (Å²) in [5.41, 5.74) is 0.464. The molecule has 0 aliphatic rings. The van der Waals surface area contributed by atoms with E-state index in [1.807, 2.05) is 0 Å². The maximum atomic E-state index is 12.0. The Bertz CT molecular complexity index is 636. The topological polar surface area (TPSA) is 74.0 Å². The lowest BCUT2D eigenvalue weighted by atomic mass is 10.2. The fraction of sp³-hybridized carbons (Fsp3) is 0.0909. The molecule has 1 heterocycles. The van der Waals surface area contributed by atoms with Gasteiger partial charge in [-0.3, -0.25) is 4.79 Å². The number of fused-ring (bicyclic) bond motifs is 1. The highest BCUT2D eigenvalue weighted by atomic mass is 35.5. The number of halogens is 1. The van der Waals surface area contributed by atoms with Gasteiger partial charge in [-0.2, -0.15) is 0 Å². The third-order valence-corrected chi connectivity index (χ3v) is 2.65. The molecule has 0 aliphatic heterocycles. The summed E-state index contributed by atoms with van der Waals surface area (Å²) in [6.45, 7) is 0. The van der Waals surface area contributed by atoms with Crippen molar-refractivity contribution >= 4 is 34.2 Å². The van der Waals surface area contributed by atoms with Crippen LogP contribution in [0, 0.1) is 0 Å². The first-order chi connectivity index (χ1) is 8.13. The van der Waals surface area contributed by atoms with Crippen LogP contribution in [0.1, 0.15) is 0 Å². The zero-order valence-electron chi connectivity index (χ0n) is 9.00. The number of para-hydroxylation sites is 1. The van der Waals surface area contributed by atoms with E-state index >= 15 is 0 Å². The Morgan fingerprint density at radius 2 is 2.18 bits per heavy atom. The number of rotatable bonds is 1. The molecule has 1 aromatic carbocycles. The average Bonchev–Trinajstić information content (AvgIpc) is 2.33. The van der Waals surface area contributed by atoms with Gasteiger partial charge >= 0.3 is 6.03 Å². The Balaban J connectivity index is 2.59. The number of carbonyl (C=O) groups is 1. The molecular formula is C11H10ClN3O2. The van der Waals surface area contributed by atoms with Gasteiger partial charge in [-0.15, -0.1) is 0 Å². The van der Waals surface area contributed by atoms with Crippen LogP contribution in [0.25, 0.3) is 10.9 Å². The highest BCUT2D eigenvalue weighted by Crippen LogP contribution is 2.19. The standard InChI is InChI=1S/C11H10ClN3O2/c1-13-11(17)15-8-5-14-9-6(10(8)16)3-2-4-7(9)12/h2-5H,1H3,(H,14,16)(H2,13,15,17). The third kappa shape index (κ3) is 2.09. The molecule has 2 aromatic rings. The molecule has 5 nitrogen and oxygen atoms in total. The van der Waals surface area contributed by atoms with Crippen LogP contribution in [0.3, 0.4) is 0 Å². The molecule has 88 valence electrons. The quantitative estimate of drug-likeness (QED) is 0.725. The molecule has 17 heavy (non-hydrogen) atoms. The number of urea groups is 1. The lowest BCUT2D eigenvalue weighted by Gasteiger charge is -2.05. The van der Waals surface area contributed by atoms with Gasteiger partial charge in [0.05, 0.1) is 10.5 Å². The summed E-state index contributed by atoms with van der Waals surface area (Å²) >= 11 is 5.94. The largest absolute Gasteiger partial charge is 0.358 e. The van der Waals surface area contributed by atoms with Gasteiger partial charge in [0.25, 0.3) is 0 Å². The third-order valence-electron chi connectivity index (χ3n) is 2.34. The molecule has 6 heteroatoms. The van der Waals surface area contributed by atoms with Gasteiger partial charge in [0.15, 0.2) is 0 Å². The minimum atomic E-state index is -0.447. The molecule has 2 amide bonds. The van der Waals surface area contributed by atoms with Gasteiger partial charge in [-0.05, 0) is 12.1 Å². The van der Waals surface area contributed by atoms with Crippen LogP contribution in [0.5, 0.6) is 0 Å². The number of carbonyl (C=O) groups excluding carboxylic acids is 1. The summed E-state index contributed by atoms with van der Waals surface area (Å²) in [6, 6.07) is 4.57. The number of anilines is 1. The summed E-state index contributed by atoms with van der Waals surface area (Å²) in [6.07, 6.45) is 1.42. The van der Waals surface area contributed by atoms with E-state index in [1.165, 1.54) is 13.2 Å². The Kier molecular flexibility index (Phi) is 3.01. The van der Waals surface area contributed by atoms with Crippen molar-refractivity contribution in [3.8, 4) is 0 Å². The van der Waals surface area contributed by atoms with Crippen LogP contribution in [0.4, 0.5) is 10.5 Å². The second-order valence-electron chi connectivity index (χ2n) is 3.40. The Morgan fingerprint density at radius 3 is 2.88 bits per heavy atom. The summed E-state index contributed by atoms with van der Waals surface area (Å²) < 4.78 is 0. The number of pyridine rings is 1. The van der Waals surface area contributed by atoms with Crippen molar-refractivity contribution < 1.29 is 4.79 Å². The number of nitrogens with one attached hydrogen (secondary N) is 3. The average molecular weight is 252 g/mol. The van der Waals surface area contributed by atoms with Crippen molar-refractivity contribution in [2.24, 2.45) is 0 Å². The second-order valence-corrected chi connectivity index (χ2v) is 3.81. The molecule has 0 aliphatic carbocycles. The van der Waals surface area contributed by atoms with Crippen LogP contribution >= 0.6 is 11.6 Å². The van der Waals surface area contributed by atoms with E-state index < -0.39 is 6.03 Å². The van der Waals surface area contributed by atoms with Crippen molar-refractivity contribution in [2.75, 3.05) is 12.4 Å². The Hall–Kier alpha value is -2.01. The number of H-pyrrole nitrogens is 1. The van der Waals surface area contributed by atoms with Gasteiger partial charge in [0.1, 0.15) is 5.69 Å². The van der Waals surface area contributed by atoms with Gasteiger partial charge in [0, 0.05) is 18.6 Å². The maximum Gasteiger partial charge on any atom is 0.319 e. The maximum absolute atomic E-state index is 12.0. The predicted molar refractivity (Wildman–Crippen MR) is 67.7 cm³/mol. The van der Waals surface area contributed by atoms with Crippen LogP contribution in [-0.4, -0.2) is 18.1 Å². The molecule has 0 saturated heterocycles. The molecule has 2 rings (SSSR count). The van der Waals surface area contributed by atoms with Crippen LogP contribution in [-0.2, 0) is 0 Å². The van der Waals surface area contributed by atoms with Crippen LogP contribution in [0.15, 0.2) is 29.2 Å². The minimum absolute atomic E-state index is 0.180. The van der Waals surface area contributed by atoms with E-state index in [-0.39, 0.29) is 11.1 Å². The number of aromatic amines is 1. The van der Waals surface area contributed by atoms with E-state index in [9.17, 15) is 9.59 Å². The molecule has 1 aromatic heterocycles. The van der Waals surface area contributed by atoms with E-state index in [0.29, 0.717) is 15.9 Å². The SMILES string of the molecule is CNC(=O)Nc1c[nH]c2c(Cl)cccc2c1=O. The van der Waals surface area contributed by atoms with E-state index in [0.717, 1.165) is 0 Å². The first-order valence-electron chi connectivity index (χ1n) is 4.92. The van der Waals surface area contributed by atoms with Gasteiger partial charge in [-0.1, -0.05) is 17.7 Å². The van der Waals surface area contributed by atoms with Crippen LogP contribution < -0.4 is 16.1 Å². The van der Waals surface area contributed by atoms with E-state index in [1.54, 1.807) is 18.2 Å². The van der Waals surface area contributed by atoms with Crippen LogP contribution in [0.2, 0.25) is 5.02 Å². The molecule has 0 radical (unpaired) electrons. The number of aromatic nitrogens is 1. The molecule has 0 fully saturated rings. The van der Waals surface area contributed by atoms with Crippen molar-refractivity contribution in [3.05, 3.63) is 39.6 Å². The molecule has 0 unspecified atom stereocenters. The fourth-order valence-corrected chi connectivity index (χ4v) is 1.72. The summed E-state index contributed by atoms with van der Waals surface area (Å²) in [4.78, 5) is 26.0. The molecule has 0 bridgehead atoms. The molecule has 3 N–H and O–H groups in total. The zero-order chi connectivity index (χ0) is 12.4. The molecular weight excluding hydrogens is 242 g/mol. The molecule has 0 atom stereocenters. The lowest BCUT2D eigenvalue weighted by molar-refractivity contribution is 0.254. The van der Waals surface area contributed by atoms with Gasteiger partial charge < -0.3 is 15.6 Å². The number of hydrogen-bond donors (Lipinski definition) is 3. The van der Waals surface area contributed by atoms with Gasteiger partial charge in [-0.25, -0.2) is 4.79 Å². The fourth-order valence-electron chi connectivity index (χ4n) is 1.49. The molecule has 0 spiro atoms. The number of benzene rings is 1. The summed E-state index contributed by atoms with van der Waals surface area (Å²) in [5.74, 6) is 0. The second kappa shape index (κ2) is 4.47. The Labute approximate surface area is 102 Å². The van der Waals surface area contributed by atoms with Gasteiger partial charge in [0.2, 0.25) is 5.43 Å². The first kappa shape index (κ1) is 11.5. The highest BCUT2D eigenvalue weighted by molar-refractivity contribution is 6.35. The normalized spacial score (nSPS) is 10.2. The first-order valence-corrected chi connectivity index (χ1v) is 5.30. The van der Waals surface area contributed by atoms with E-state index in [2.05, 4.69) is 15.6 Å². The Morgan fingerprint density at radius 1 is 1.41 bits per heavy atom. The summed E-state index contributed by atoms with van der Waals surface area (Å²) in [5, 5.41) is 5.71. The number of hydrogen-bond acceptors (Lipinski definition) is 2. The molecule has 0 saturated carbocycles. The van der Waals surface area contributed by atoms with E-state index in [4.69, 9.17) is 11.6 Å². The zero-order valence-corrected chi connectivity index (χ0v) is 9.76. The van der Waals surface area contributed by atoms with Crippen molar-refractivity contribution in [2.45, 2.75) is 0 Å². The predicted octanol–water partition coefficient (Wildman–Crippen LogP) is 1.93. The highest BCUT2D eigenvalue weighted by Gasteiger charge is 2.08. The minimum Gasteiger partial charge on any atom is -0.358 e.